The average molecular weight is 415 g/mol. The molecule has 2 aliphatic rings. The number of aromatic amines is 2. The summed E-state index contributed by atoms with van der Waals surface area (Å²) >= 11 is 0. The van der Waals surface area contributed by atoms with Gasteiger partial charge >= 0.3 is 5.69 Å². The van der Waals surface area contributed by atoms with E-state index in [0.29, 0.717) is 29.7 Å². The molecule has 8 nitrogen and oxygen atoms in total. The van der Waals surface area contributed by atoms with Crippen molar-refractivity contribution >= 4 is 22.8 Å². The zero-order chi connectivity index (χ0) is 21.3. The number of hydrogen-bond acceptors (Lipinski definition) is 4. The van der Waals surface area contributed by atoms with Crippen LogP contribution in [-0.4, -0.2) is 59.0 Å². The van der Waals surface area contributed by atoms with E-state index in [0.717, 1.165) is 32.1 Å². The first-order valence-electron chi connectivity index (χ1n) is 10.8. The van der Waals surface area contributed by atoms with Gasteiger partial charge in [-0.15, -0.1) is 0 Å². The molecule has 2 fully saturated rings. The molecule has 1 aromatic heterocycles. The summed E-state index contributed by atoms with van der Waals surface area (Å²) in [5, 5.41) is 3.20. The van der Waals surface area contributed by atoms with Gasteiger partial charge < -0.3 is 24.9 Å². The Kier molecular flexibility index (Phi) is 5.69. The van der Waals surface area contributed by atoms with E-state index in [9.17, 15) is 14.4 Å². The van der Waals surface area contributed by atoms with E-state index in [1.165, 1.54) is 6.42 Å². The third-order valence-corrected chi connectivity index (χ3v) is 6.92. The molecule has 2 heterocycles. The molecule has 1 saturated heterocycles. The summed E-state index contributed by atoms with van der Waals surface area (Å²) in [4.78, 5) is 45.1. The second-order valence-electron chi connectivity index (χ2n) is 8.57. The van der Waals surface area contributed by atoms with E-state index < -0.39 is 0 Å². The molecule has 1 aliphatic heterocycles. The van der Waals surface area contributed by atoms with Crippen molar-refractivity contribution in [3.63, 3.8) is 0 Å². The molecule has 2 atom stereocenters. The molecular formula is C22H30N4O4. The van der Waals surface area contributed by atoms with Crippen LogP contribution in [0.15, 0.2) is 23.0 Å². The van der Waals surface area contributed by atoms with Crippen LogP contribution in [0, 0.1) is 5.41 Å². The maximum Gasteiger partial charge on any atom is 0.323 e. The highest BCUT2D eigenvalue weighted by Crippen LogP contribution is 2.39. The highest BCUT2D eigenvalue weighted by atomic mass is 16.5. The fourth-order valence-corrected chi connectivity index (χ4v) is 5.02. The number of imidazole rings is 1. The van der Waals surface area contributed by atoms with Crippen molar-refractivity contribution in [3.8, 4) is 0 Å². The summed E-state index contributed by atoms with van der Waals surface area (Å²) in [5.41, 5.74) is 0.889. The van der Waals surface area contributed by atoms with Gasteiger partial charge in [0.25, 0.3) is 5.91 Å². The van der Waals surface area contributed by atoms with Crippen molar-refractivity contribution in [2.24, 2.45) is 5.41 Å². The largest absolute Gasteiger partial charge is 0.377 e. The zero-order valence-corrected chi connectivity index (χ0v) is 17.6. The minimum atomic E-state index is -0.344. The molecule has 2 amide bonds. The maximum absolute atomic E-state index is 13.2. The first-order chi connectivity index (χ1) is 14.5. The maximum atomic E-state index is 13.2. The molecular weight excluding hydrogens is 384 g/mol. The molecule has 4 rings (SSSR count). The summed E-state index contributed by atoms with van der Waals surface area (Å²) in [6.45, 7) is 2.86. The van der Waals surface area contributed by atoms with Gasteiger partial charge in [-0.05, 0) is 31.4 Å². The predicted octanol–water partition coefficient (Wildman–Crippen LogP) is 2.17. The van der Waals surface area contributed by atoms with Crippen molar-refractivity contribution in [2.45, 2.75) is 57.6 Å². The number of ether oxygens (including phenoxy) is 1. The van der Waals surface area contributed by atoms with Gasteiger partial charge in [-0.3, -0.25) is 9.59 Å². The number of carbonyl (C=O) groups is 2. The number of benzene rings is 1. The van der Waals surface area contributed by atoms with Gasteiger partial charge in [-0.25, -0.2) is 4.79 Å². The van der Waals surface area contributed by atoms with Gasteiger partial charge in [0.1, 0.15) is 0 Å². The molecule has 3 N–H and O–H groups in total. The molecule has 0 unspecified atom stereocenters. The Labute approximate surface area is 175 Å². The topological polar surface area (TPSA) is 107 Å². The number of para-hydroxylation sites is 1. The molecule has 0 bridgehead atoms. The minimum Gasteiger partial charge on any atom is -0.377 e. The second kappa shape index (κ2) is 8.26. The number of hydrogen-bond donors (Lipinski definition) is 3. The Morgan fingerprint density at radius 3 is 2.67 bits per heavy atom. The first-order valence-corrected chi connectivity index (χ1v) is 10.8. The summed E-state index contributed by atoms with van der Waals surface area (Å²) in [6.07, 6.45) is 5.77. The number of nitrogens with one attached hydrogen (secondary N) is 3. The Morgan fingerprint density at radius 1 is 1.20 bits per heavy atom. The number of rotatable bonds is 5. The van der Waals surface area contributed by atoms with Crippen LogP contribution in [-0.2, 0) is 9.53 Å². The van der Waals surface area contributed by atoms with Crippen molar-refractivity contribution < 1.29 is 14.3 Å². The van der Waals surface area contributed by atoms with Crippen molar-refractivity contribution in [1.82, 2.24) is 20.2 Å². The number of methoxy groups -OCH3 is 1. The fraction of sp³-hybridized carbons (Fsp3) is 0.591. The Morgan fingerprint density at radius 2 is 1.97 bits per heavy atom. The van der Waals surface area contributed by atoms with Gasteiger partial charge in [0.15, 0.2) is 0 Å². The van der Waals surface area contributed by atoms with Crippen LogP contribution in [0.3, 0.4) is 0 Å². The third-order valence-electron chi connectivity index (χ3n) is 6.92. The van der Waals surface area contributed by atoms with E-state index in [1.807, 2.05) is 0 Å². The molecule has 1 aromatic carbocycles. The predicted molar refractivity (Wildman–Crippen MR) is 113 cm³/mol. The SMILES string of the molecule is CCC1(C(=O)N[C@@H]2CN(C(=O)c3cccc4[nH]c(=O)[nH]c34)C[C@H]2OC)CCCCC1. The molecule has 1 aliphatic carbocycles. The van der Waals surface area contributed by atoms with Gasteiger partial charge in [-0.2, -0.15) is 0 Å². The summed E-state index contributed by atoms with van der Waals surface area (Å²) < 4.78 is 5.61. The van der Waals surface area contributed by atoms with Gasteiger partial charge in [0.05, 0.1) is 28.7 Å². The van der Waals surface area contributed by atoms with Crippen LogP contribution in [0.1, 0.15) is 55.8 Å². The van der Waals surface area contributed by atoms with Crippen molar-refractivity contribution in [3.05, 3.63) is 34.2 Å². The first kappa shape index (κ1) is 20.7. The highest BCUT2D eigenvalue weighted by molar-refractivity contribution is 6.05. The Bertz CT molecular complexity index is 988. The van der Waals surface area contributed by atoms with Crippen LogP contribution < -0.4 is 11.0 Å². The van der Waals surface area contributed by atoms with Crippen LogP contribution in [0.2, 0.25) is 0 Å². The lowest BCUT2D eigenvalue weighted by Gasteiger charge is -2.36. The number of carbonyl (C=O) groups excluding carboxylic acids is 2. The number of aromatic nitrogens is 2. The smallest absolute Gasteiger partial charge is 0.323 e. The molecule has 1 saturated carbocycles. The number of nitrogens with zero attached hydrogens (tertiary/aromatic N) is 1. The van der Waals surface area contributed by atoms with Crippen LogP contribution >= 0.6 is 0 Å². The third kappa shape index (κ3) is 3.64. The van der Waals surface area contributed by atoms with Gasteiger partial charge in [-0.1, -0.05) is 32.3 Å². The van der Waals surface area contributed by atoms with Crippen LogP contribution in [0.5, 0.6) is 0 Å². The summed E-state index contributed by atoms with van der Waals surface area (Å²) in [7, 11) is 1.61. The zero-order valence-electron chi connectivity index (χ0n) is 17.6. The highest BCUT2D eigenvalue weighted by Gasteiger charge is 2.42. The van der Waals surface area contributed by atoms with Gasteiger partial charge in [0, 0.05) is 25.6 Å². The molecule has 162 valence electrons. The lowest BCUT2D eigenvalue weighted by Crippen LogP contribution is -2.50. The quantitative estimate of drug-likeness (QED) is 0.697. The number of fused-ring (bicyclic) bond motifs is 1. The molecule has 0 spiro atoms. The van der Waals surface area contributed by atoms with Crippen molar-refractivity contribution in [1.29, 1.82) is 0 Å². The molecule has 2 aromatic rings. The van der Waals surface area contributed by atoms with Crippen molar-refractivity contribution in [2.75, 3.05) is 20.2 Å². The molecule has 30 heavy (non-hydrogen) atoms. The molecule has 0 radical (unpaired) electrons. The van der Waals surface area contributed by atoms with Crippen LogP contribution in [0.4, 0.5) is 0 Å². The van der Waals surface area contributed by atoms with E-state index >= 15 is 0 Å². The number of likely N-dealkylation sites (tertiary alicyclic amines) is 1. The summed E-state index contributed by atoms with van der Waals surface area (Å²) in [6, 6.07) is 4.96. The number of amides is 2. The van der Waals surface area contributed by atoms with Crippen LogP contribution in [0.25, 0.3) is 11.0 Å². The van der Waals surface area contributed by atoms with Gasteiger partial charge in [0.2, 0.25) is 5.91 Å². The Hall–Kier alpha value is -2.61. The number of H-pyrrole nitrogens is 2. The minimum absolute atomic E-state index is 0.0862. The standard InChI is InChI=1S/C22H30N4O4/c1-3-22(10-5-4-6-11-22)20(28)23-16-12-26(13-17(16)30-2)19(27)14-8-7-9-15-18(14)25-21(29)24-15/h7-9,16-17H,3-6,10-13H2,1-2H3,(H,23,28)(H2,24,25,29)/t16-,17-/m1/s1. The van der Waals surface area contributed by atoms with E-state index in [4.69, 9.17) is 4.74 Å². The van der Waals surface area contributed by atoms with E-state index in [-0.39, 0.29) is 35.1 Å². The normalized spacial score (nSPS) is 23.6. The monoisotopic (exact) mass is 414 g/mol. The fourth-order valence-electron chi connectivity index (χ4n) is 5.02. The summed E-state index contributed by atoms with van der Waals surface area (Å²) in [5.74, 6) is -0.0966. The van der Waals surface area contributed by atoms with E-state index in [2.05, 4.69) is 22.2 Å². The Balaban J connectivity index is 1.51. The average Bonchev–Trinajstić information content (AvgIpc) is 3.35. The second-order valence-corrected chi connectivity index (χ2v) is 8.57. The lowest BCUT2D eigenvalue weighted by atomic mass is 9.71. The molecule has 8 heteroatoms. The van der Waals surface area contributed by atoms with E-state index in [1.54, 1.807) is 30.2 Å². The lowest BCUT2D eigenvalue weighted by molar-refractivity contribution is -0.134.